The maximum absolute atomic E-state index is 14.3. The molecule has 17 nitrogen and oxygen atoms in total. The zero-order valence-electron chi connectivity index (χ0n) is 32.4. The first-order valence-electron chi connectivity index (χ1n) is 19.8. The Kier molecular flexibility index (Phi) is 15.3. The van der Waals surface area contributed by atoms with E-state index in [-0.39, 0.29) is 24.7 Å². The minimum Gasteiger partial charge on any atom is -0.394 e. The summed E-state index contributed by atoms with van der Waals surface area (Å²) in [5.41, 5.74) is 1.03. The molecule has 1 aliphatic heterocycles. The molecule has 318 valence electrons. The number of aromatic nitrogens is 2. The van der Waals surface area contributed by atoms with Crippen molar-refractivity contribution in [3.63, 3.8) is 0 Å². The SMILES string of the molecule is CC(C)(C(=O)N[C@H]1C(O)O[C@H](CO)[C@@H](O)[C@@H]1O)S(=O)(=O)C[C@@H](Cc1ccccc1)C(=O)N[C@@H](Cc1c[nH]cn1)C(=O)N[C@@H](CC1CCCCC1)[C@@H](O)[C@@H](O)C1CC1. The number of aliphatic hydroxyl groups excluding tert-OH is 6. The van der Waals surface area contributed by atoms with Crippen molar-refractivity contribution in [2.45, 2.75) is 138 Å². The van der Waals surface area contributed by atoms with Crippen molar-refractivity contribution in [1.29, 1.82) is 0 Å². The van der Waals surface area contributed by atoms with Crippen LogP contribution in [0, 0.1) is 17.8 Å². The first kappa shape index (κ1) is 44.6. The van der Waals surface area contributed by atoms with E-state index >= 15 is 0 Å². The van der Waals surface area contributed by atoms with Gasteiger partial charge in [0, 0.05) is 12.6 Å². The molecule has 3 amide bonds. The van der Waals surface area contributed by atoms with Gasteiger partial charge in [-0.1, -0.05) is 62.4 Å². The van der Waals surface area contributed by atoms with Gasteiger partial charge in [-0.15, -0.1) is 0 Å². The molecule has 2 heterocycles. The van der Waals surface area contributed by atoms with Gasteiger partial charge in [0.1, 0.15) is 41.2 Å². The Morgan fingerprint density at radius 1 is 0.947 bits per heavy atom. The molecular formula is C39H59N5O12S. The van der Waals surface area contributed by atoms with Gasteiger partial charge in [0.25, 0.3) is 0 Å². The number of hydrogen-bond acceptors (Lipinski definition) is 13. The third-order valence-corrected chi connectivity index (χ3v) is 14.3. The van der Waals surface area contributed by atoms with Gasteiger partial charge in [0.15, 0.2) is 16.1 Å². The van der Waals surface area contributed by atoms with Crippen LogP contribution in [0.3, 0.4) is 0 Å². The number of hydrogen-bond donors (Lipinski definition) is 10. The number of carbonyl (C=O) groups is 3. The van der Waals surface area contributed by atoms with Crippen LogP contribution in [0.4, 0.5) is 0 Å². The van der Waals surface area contributed by atoms with Crippen LogP contribution >= 0.6 is 0 Å². The molecule has 3 fully saturated rings. The van der Waals surface area contributed by atoms with Crippen molar-refractivity contribution >= 4 is 27.6 Å². The van der Waals surface area contributed by atoms with E-state index < -0.39 is 106 Å². The Labute approximate surface area is 332 Å². The predicted molar refractivity (Wildman–Crippen MR) is 205 cm³/mol. The lowest BCUT2D eigenvalue weighted by Gasteiger charge is -2.41. The van der Waals surface area contributed by atoms with Crippen LogP contribution < -0.4 is 16.0 Å². The summed E-state index contributed by atoms with van der Waals surface area (Å²) in [5, 5.41) is 70.8. The quantitative estimate of drug-likeness (QED) is 0.0815. The Morgan fingerprint density at radius 2 is 1.63 bits per heavy atom. The molecule has 57 heavy (non-hydrogen) atoms. The first-order valence-corrected chi connectivity index (χ1v) is 21.5. The summed E-state index contributed by atoms with van der Waals surface area (Å²) in [6.07, 6.45) is 0.762. The molecule has 10 atom stereocenters. The van der Waals surface area contributed by atoms with Gasteiger partial charge in [-0.25, -0.2) is 13.4 Å². The molecular weight excluding hydrogens is 763 g/mol. The zero-order valence-corrected chi connectivity index (χ0v) is 33.3. The van der Waals surface area contributed by atoms with Crippen molar-refractivity contribution in [3.05, 3.63) is 54.1 Å². The molecule has 1 aromatic carbocycles. The molecule has 10 N–H and O–H groups in total. The van der Waals surface area contributed by atoms with Gasteiger partial charge in [0.2, 0.25) is 17.7 Å². The number of ether oxygens (including phenoxy) is 1. The van der Waals surface area contributed by atoms with E-state index in [0.29, 0.717) is 17.7 Å². The Morgan fingerprint density at radius 3 is 2.25 bits per heavy atom. The lowest BCUT2D eigenvalue weighted by molar-refractivity contribution is -0.254. The summed E-state index contributed by atoms with van der Waals surface area (Å²) in [4.78, 5) is 49.1. The maximum Gasteiger partial charge on any atom is 0.243 e. The topological polar surface area (TPSA) is 281 Å². The van der Waals surface area contributed by atoms with E-state index in [4.69, 9.17) is 4.74 Å². The highest BCUT2D eigenvalue weighted by molar-refractivity contribution is 7.93. The second kappa shape index (κ2) is 19.5. The number of amides is 3. The molecule has 2 aromatic rings. The van der Waals surface area contributed by atoms with E-state index in [9.17, 15) is 53.4 Å². The van der Waals surface area contributed by atoms with E-state index in [1.165, 1.54) is 6.33 Å². The monoisotopic (exact) mass is 821 g/mol. The molecule has 0 spiro atoms. The second-order valence-electron chi connectivity index (χ2n) is 16.4. The summed E-state index contributed by atoms with van der Waals surface area (Å²) in [5.74, 6) is -4.63. The summed E-state index contributed by atoms with van der Waals surface area (Å²) < 4.78 is 31.1. The molecule has 0 radical (unpaired) electrons. The third kappa shape index (κ3) is 11.4. The van der Waals surface area contributed by atoms with Gasteiger partial charge < -0.3 is 56.3 Å². The summed E-state index contributed by atoms with van der Waals surface area (Å²) >= 11 is 0. The van der Waals surface area contributed by atoms with Crippen molar-refractivity contribution < 1.29 is 58.2 Å². The first-order chi connectivity index (χ1) is 27.0. The van der Waals surface area contributed by atoms with Gasteiger partial charge in [-0.3, -0.25) is 14.4 Å². The minimum atomic E-state index is -4.56. The van der Waals surface area contributed by atoms with E-state index in [0.717, 1.165) is 58.8 Å². The number of rotatable bonds is 19. The van der Waals surface area contributed by atoms with Crippen LogP contribution in [-0.2, 0) is 41.8 Å². The number of imidazole rings is 1. The van der Waals surface area contributed by atoms with Crippen LogP contribution in [0.1, 0.15) is 76.5 Å². The third-order valence-electron chi connectivity index (χ3n) is 11.7. The number of nitrogens with zero attached hydrogens (tertiary/aromatic N) is 1. The number of nitrogens with one attached hydrogen (secondary N) is 4. The number of aliphatic hydroxyl groups is 6. The number of aromatic amines is 1. The second-order valence-corrected chi connectivity index (χ2v) is 19.0. The van der Waals surface area contributed by atoms with E-state index in [1.807, 2.05) is 0 Å². The Hall–Kier alpha value is -3.49. The van der Waals surface area contributed by atoms with Crippen LogP contribution in [0.5, 0.6) is 0 Å². The minimum absolute atomic E-state index is 0.0614. The van der Waals surface area contributed by atoms with E-state index in [2.05, 4.69) is 25.9 Å². The van der Waals surface area contributed by atoms with Crippen LogP contribution in [0.15, 0.2) is 42.9 Å². The molecule has 1 saturated heterocycles. The average Bonchev–Trinajstić information content (AvgIpc) is 3.92. The molecule has 1 unspecified atom stereocenters. The van der Waals surface area contributed by atoms with Crippen molar-refractivity contribution in [2.75, 3.05) is 12.4 Å². The van der Waals surface area contributed by atoms with Crippen molar-refractivity contribution in [3.8, 4) is 0 Å². The van der Waals surface area contributed by atoms with Gasteiger partial charge in [-0.05, 0) is 56.9 Å². The molecule has 5 rings (SSSR count). The molecule has 18 heteroatoms. The number of carbonyl (C=O) groups excluding carboxylic acids is 3. The van der Waals surface area contributed by atoms with Crippen LogP contribution in [-0.4, -0.2) is 139 Å². The normalized spacial score (nSPS) is 26.1. The molecule has 1 aromatic heterocycles. The highest BCUT2D eigenvalue weighted by Crippen LogP contribution is 2.36. The van der Waals surface area contributed by atoms with Crippen LogP contribution in [0.25, 0.3) is 0 Å². The van der Waals surface area contributed by atoms with Crippen molar-refractivity contribution in [1.82, 2.24) is 25.9 Å². The molecule has 3 aliphatic rings. The summed E-state index contributed by atoms with van der Waals surface area (Å²) in [6.45, 7) is 1.47. The zero-order chi connectivity index (χ0) is 41.5. The lowest BCUT2D eigenvalue weighted by atomic mass is 9.82. The highest BCUT2D eigenvalue weighted by atomic mass is 32.2. The molecule has 2 aliphatic carbocycles. The van der Waals surface area contributed by atoms with E-state index in [1.54, 1.807) is 36.5 Å². The van der Waals surface area contributed by atoms with Gasteiger partial charge in [0.05, 0.1) is 42.4 Å². The fourth-order valence-electron chi connectivity index (χ4n) is 7.73. The number of H-pyrrole nitrogens is 1. The maximum atomic E-state index is 14.3. The number of benzene rings is 1. The predicted octanol–water partition coefficient (Wildman–Crippen LogP) is -1.01. The smallest absolute Gasteiger partial charge is 0.243 e. The fourth-order valence-corrected chi connectivity index (χ4v) is 9.29. The Bertz CT molecular complexity index is 1720. The van der Waals surface area contributed by atoms with Gasteiger partial charge in [-0.2, -0.15) is 0 Å². The fraction of sp³-hybridized carbons (Fsp3) is 0.692. The van der Waals surface area contributed by atoms with Crippen molar-refractivity contribution in [2.24, 2.45) is 17.8 Å². The van der Waals surface area contributed by atoms with Gasteiger partial charge >= 0.3 is 0 Å². The lowest BCUT2D eigenvalue weighted by Crippen LogP contribution is -2.66. The largest absolute Gasteiger partial charge is 0.394 e. The highest BCUT2D eigenvalue weighted by Gasteiger charge is 2.49. The average molecular weight is 822 g/mol. The standard InChI is InChI=1S/C39H59N5O12S/c1-39(2,38(53)44-30-34(49)33(48)29(19-45)56-37(30)52)57(54,55)20-25(15-22-9-5-3-6-10-22)35(50)43-28(17-26-18-40-21-41-26)36(51)42-27(16-23-11-7-4-8-12-23)32(47)31(46)24-13-14-24/h3,5-6,9-10,18,21,23-25,27-34,37,45-49,52H,4,7-8,11-17,19-20H2,1-2H3,(H,40,41)(H,42,51)(H,43,50)(H,44,53)/t25-,27+,28+,29-,30-,31+,32-,33-,34-,37?/m1/s1. The summed E-state index contributed by atoms with van der Waals surface area (Å²) in [7, 11) is -4.56. The summed E-state index contributed by atoms with van der Waals surface area (Å²) in [6, 6.07) is 4.86. The number of sulfone groups is 1. The molecule has 2 saturated carbocycles. The molecule has 0 bridgehead atoms. The Balaban J connectivity index is 1.37. The van der Waals surface area contributed by atoms with Crippen LogP contribution in [0.2, 0.25) is 0 Å².